The molecule has 6 heteroatoms. The summed E-state index contributed by atoms with van der Waals surface area (Å²) in [6.07, 6.45) is 0.247. The van der Waals surface area contributed by atoms with E-state index in [4.69, 9.17) is 23.2 Å². The number of H-pyrrole nitrogens is 1. The van der Waals surface area contributed by atoms with Gasteiger partial charge in [-0.2, -0.15) is 0 Å². The highest BCUT2D eigenvalue weighted by atomic mass is 35.5. The van der Waals surface area contributed by atoms with E-state index in [0.29, 0.717) is 16.6 Å². The molecule has 4 nitrogen and oxygen atoms in total. The summed E-state index contributed by atoms with van der Waals surface area (Å²) in [7, 11) is 0. The van der Waals surface area contributed by atoms with E-state index >= 15 is 0 Å². The number of nitrogens with zero attached hydrogens (tertiary/aromatic N) is 1. The van der Waals surface area contributed by atoms with Crippen LogP contribution in [0.5, 0.6) is 0 Å². The molecule has 1 heterocycles. The van der Waals surface area contributed by atoms with Crippen molar-refractivity contribution in [3.63, 3.8) is 0 Å². The minimum atomic E-state index is -0.0983. The number of carbonyl (C=O) groups is 1. The summed E-state index contributed by atoms with van der Waals surface area (Å²) in [5.74, 6) is 0.627. The summed E-state index contributed by atoms with van der Waals surface area (Å²) >= 11 is 11.8. The number of aromatic nitrogens is 2. The van der Waals surface area contributed by atoms with Gasteiger partial charge < -0.3 is 10.3 Å². The Kier molecular flexibility index (Phi) is 4.32. The zero-order chi connectivity index (χ0) is 15.5. The second-order valence-corrected chi connectivity index (χ2v) is 5.72. The van der Waals surface area contributed by atoms with Crippen molar-refractivity contribution >= 4 is 40.1 Å². The molecule has 1 aromatic heterocycles. The topological polar surface area (TPSA) is 57.8 Å². The van der Waals surface area contributed by atoms with Gasteiger partial charge in [-0.3, -0.25) is 4.79 Å². The van der Waals surface area contributed by atoms with E-state index in [1.165, 1.54) is 0 Å². The predicted molar refractivity (Wildman–Crippen MR) is 88.1 cm³/mol. The lowest BCUT2D eigenvalue weighted by Crippen LogP contribution is -2.25. The van der Waals surface area contributed by atoms with E-state index in [-0.39, 0.29) is 12.3 Å². The molecule has 0 saturated carbocycles. The van der Waals surface area contributed by atoms with Gasteiger partial charge in [0.1, 0.15) is 5.82 Å². The molecule has 0 spiro atoms. The number of para-hydroxylation sites is 2. The fraction of sp³-hybridized carbons (Fsp3) is 0.125. The molecule has 0 aliphatic carbocycles. The lowest BCUT2D eigenvalue weighted by Gasteiger charge is -2.04. The van der Waals surface area contributed by atoms with Crippen LogP contribution in [0.4, 0.5) is 0 Å². The van der Waals surface area contributed by atoms with Crippen molar-refractivity contribution in [3.05, 3.63) is 63.9 Å². The number of hydrogen-bond donors (Lipinski definition) is 2. The third-order valence-electron chi connectivity index (χ3n) is 3.24. The second kappa shape index (κ2) is 6.38. The SMILES string of the molecule is O=C(Cc1ccc(Cl)c(Cl)c1)NCc1nc2ccccc2[nH]1. The summed E-state index contributed by atoms with van der Waals surface area (Å²) < 4.78 is 0. The Morgan fingerprint density at radius 2 is 1.95 bits per heavy atom. The number of aromatic amines is 1. The van der Waals surface area contributed by atoms with Crippen molar-refractivity contribution in [2.45, 2.75) is 13.0 Å². The molecule has 112 valence electrons. The van der Waals surface area contributed by atoms with Crippen molar-refractivity contribution in [1.82, 2.24) is 15.3 Å². The van der Waals surface area contributed by atoms with Crippen molar-refractivity contribution < 1.29 is 4.79 Å². The number of nitrogens with one attached hydrogen (secondary N) is 2. The molecule has 0 radical (unpaired) electrons. The van der Waals surface area contributed by atoms with Crippen LogP contribution in [0.2, 0.25) is 10.0 Å². The minimum Gasteiger partial charge on any atom is -0.349 e. The van der Waals surface area contributed by atoms with Gasteiger partial charge in [0, 0.05) is 0 Å². The molecule has 3 rings (SSSR count). The summed E-state index contributed by atoms with van der Waals surface area (Å²) in [6.45, 7) is 0.356. The third kappa shape index (κ3) is 3.40. The Morgan fingerprint density at radius 3 is 2.73 bits per heavy atom. The molecule has 2 N–H and O–H groups in total. The zero-order valence-corrected chi connectivity index (χ0v) is 13.1. The van der Waals surface area contributed by atoms with Crippen LogP contribution in [0.25, 0.3) is 11.0 Å². The van der Waals surface area contributed by atoms with E-state index in [2.05, 4.69) is 15.3 Å². The second-order valence-electron chi connectivity index (χ2n) is 4.90. The summed E-state index contributed by atoms with van der Waals surface area (Å²) in [6, 6.07) is 12.9. The van der Waals surface area contributed by atoms with Gasteiger partial charge in [-0.05, 0) is 29.8 Å². The number of fused-ring (bicyclic) bond motifs is 1. The zero-order valence-electron chi connectivity index (χ0n) is 11.6. The van der Waals surface area contributed by atoms with Crippen LogP contribution in [0.3, 0.4) is 0 Å². The number of halogens is 2. The predicted octanol–water partition coefficient (Wildman–Crippen LogP) is 3.73. The van der Waals surface area contributed by atoms with E-state index in [1.807, 2.05) is 24.3 Å². The number of benzene rings is 2. The number of rotatable bonds is 4. The van der Waals surface area contributed by atoms with Crippen LogP contribution in [0, 0.1) is 0 Å². The monoisotopic (exact) mass is 333 g/mol. The maximum atomic E-state index is 12.0. The molecule has 0 aliphatic heterocycles. The largest absolute Gasteiger partial charge is 0.349 e. The van der Waals surface area contributed by atoms with Crippen LogP contribution in [0.1, 0.15) is 11.4 Å². The molecule has 0 bridgehead atoms. The maximum Gasteiger partial charge on any atom is 0.224 e. The first kappa shape index (κ1) is 14.9. The van der Waals surface area contributed by atoms with Crippen molar-refractivity contribution in [3.8, 4) is 0 Å². The lowest BCUT2D eigenvalue weighted by atomic mass is 10.1. The molecule has 3 aromatic rings. The Morgan fingerprint density at radius 1 is 1.14 bits per heavy atom. The van der Waals surface area contributed by atoms with Gasteiger partial charge >= 0.3 is 0 Å². The maximum absolute atomic E-state index is 12.0. The summed E-state index contributed by atoms with van der Waals surface area (Å²) in [5.41, 5.74) is 2.66. The Bertz CT molecular complexity index is 796. The van der Waals surface area contributed by atoms with Gasteiger partial charge in [0.15, 0.2) is 0 Å². The minimum absolute atomic E-state index is 0.0983. The molecule has 2 aromatic carbocycles. The van der Waals surface area contributed by atoms with Crippen LogP contribution < -0.4 is 5.32 Å². The van der Waals surface area contributed by atoms with Gasteiger partial charge in [0.05, 0.1) is 34.0 Å². The lowest BCUT2D eigenvalue weighted by molar-refractivity contribution is -0.120. The summed E-state index contributed by atoms with van der Waals surface area (Å²) in [5, 5.41) is 3.76. The molecule has 0 atom stereocenters. The molecule has 0 saturated heterocycles. The van der Waals surface area contributed by atoms with Crippen molar-refractivity contribution in [1.29, 1.82) is 0 Å². The standard InChI is InChI=1S/C16H13Cl2N3O/c17-11-6-5-10(7-12(11)18)8-16(22)19-9-15-20-13-3-1-2-4-14(13)21-15/h1-7H,8-9H2,(H,19,22)(H,20,21). The molecule has 22 heavy (non-hydrogen) atoms. The highest BCUT2D eigenvalue weighted by Crippen LogP contribution is 2.22. The van der Waals surface area contributed by atoms with Crippen LogP contribution in [-0.4, -0.2) is 15.9 Å². The first-order valence-corrected chi connectivity index (χ1v) is 7.51. The molecule has 0 unspecified atom stereocenters. The smallest absolute Gasteiger partial charge is 0.224 e. The van der Waals surface area contributed by atoms with Crippen molar-refractivity contribution in [2.24, 2.45) is 0 Å². The molecular formula is C16H13Cl2N3O. The average Bonchev–Trinajstić information content (AvgIpc) is 2.92. The van der Waals surface area contributed by atoms with Gasteiger partial charge in [-0.1, -0.05) is 41.4 Å². The van der Waals surface area contributed by atoms with Gasteiger partial charge in [-0.25, -0.2) is 4.98 Å². The number of hydrogen-bond acceptors (Lipinski definition) is 2. The Balaban J connectivity index is 1.60. The van der Waals surface area contributed by atoms with Crippen LogP contribution in [0.15, 0.2) is 42.5 Å². The van der Waals surface area contributed by atoms with Crippen LogP contribution >= 0.6 is 23.2 Å². The third-order valence-corrected chi connectivity index (χ3v) is 3.98. The molecule has 1 amide bonds. The summed E-state index contributed by atoms with van der Waals surface area (Å²) in [4.78, 5) is 19.5. The van der Waals surface area contributed by atoms with Gasteiger partial charge in [0.2, 0.25) is 5.91 Å². The average molecular weight is 334 g/mol. The van der Waals surface area contributed by atoms with E-state index in [0.717, 1.165) is 22.4 Å². The van der Waals surface area contributed by atoms with Crippen molar-refractivity contribution in [2.75, 3.05) is 0 Å². The van der Waals surface area contributed by atoms with Gasteiger partial charge in [0.25, 0.3) is 0 Å². The highest BCUT2D eigenvalue weighted by molar-refractivity contribution is 6.42. The van der Waals surface area contributed by atoms with Crippen LogP contribution in [-0.2, 0) is 17.8 Å². The Hall–Kier alpha value is -2.04. The van der Waals surface area contributed by atoms with E-state index in [1.54, 1.807) is 18.2 Å². The normalized spacial score (nSPS) is 10.8. The van der Waals surface area contributed by atoms with Gasteiger partial charge in [-0.15, -0.1) is 0 Å². The number of imidazole rings is 1. The van der Waals surface area contributed by atoms with E-state index < -0.39 is 0 Å². The first-order chi connectivity index (χ1) is 10.6. The molecular weight excluding hydrogens is 321 g/mol. The number of amides is 1. The first-order valence-electron chi connectivity index (χ1n) is 6.76. The Labute approximate surface area is 137 Å². The quantitative estimate of drug-likeness (QED) is 0.764. The number of carbonyl (C=O) groups excluding carboxylic acids is 1. The van der Waals surface area contributed by atoms with E-state index in [9.17, 15) is 4.79 Å². The highest BCUT2D eigenvalue weighted by Gasteiger charge is 2.07. The fourth-order valence-electron chi connectivity index (χ4n) is 2.17. The molecule has 0 fully saturated rings. The molecule has 0 aliphatic rings. The fourth-order valence-corrected chi connectivity index (χ4v) is 2.49.